The molecule has 4 nitrogen and oxygen atoms in total. The highest BCUT2D eigenvalue weighted by Crippen LogP contribution is 2.37. The van der Waals surface area contributed by atoms with Gasteiger partial charge in [-0.25, -0.2) is 0 Å². The minimum absolute atomic E-state index is 0.00537. The molecule has 0 aliphatic rings. The highest BCUT2D eigenvalue weighted by Gasteiger charge is 2.24. The number of halogens is 1. The average molecular weight is 409 g/mol. The van der Waals surface area contributed by atoms with Crippen molar-refractivity contribution in [2.45, 2.75) is 26.2 Å². The van der Waals surface area contributed by atoms with Gasteiger partial charge in [-0.2, -0.15) is 0 Å². The van der Waals surface area contributed by atoms with Crippen molar-refractivity contribution in [2.75, 3.05) is 26.4 Å². The lowest BCUT2D eigenvalue weighted by Crippen LogP contribution is -2.19. The number of aliphatic hydroxyl groups excluding tert-OH is 2. The fraction of sp³-hybridized carbons (Fsp3) is 0.400. The van der Waals surface area contributed by atoms with E-state index < -0.39 is 0 Å². The lowest BCUT2D eigenvalue weighted by atomic mass is 9.77. The van der Waals surface area contributed by atoms with Crippen molar-refractivity contribution < 1.29 is 19.7 Å². The quantitative estimate of drug-likeness (QED) is 0.696. The van der Waals surface area contributed by atoms with Crippen LogP contribution in [0.25, 0.3) is 0 Å². The Bertz CT molecular complexity index is 653. The minimum Gasteiger partial charge on any atom is -0.491 e. The van der Waals surface area contributed by atoms with Crippen LogP contribution in [0.1, 0.15) is 30.5 Å². The second-order valence-corrected chi connectivity index (χ2v) is 7.25. The first kappa shape index (κ1) is 19.8. The van der Waals surface area contributed by atoms with Gasteiger partial charge in [-0.3, -0.25) is 0 Å². The summed E-state index contributed by atoms with van der Waals surface area (Å²) in [4.78, 5) is 0. The number of aliphatic hydroxyl groups is 2. The third kappa shape index (κ3) is 4.75. The van der Waals surface area contributed by atoms with E-state index in [1.165, 1.54) is 5.56 Å². The summed E-state index contributed by atoms with van der Waals surface area (Å²) in [6.07, 6.45) is 0. The first-order valence-corrected chi connectivity index (χ1v) is 9.08. The number of rotatable bonds is 8. The van der Waals surface area contributed by atoms with Crippen molar-refractivity contribution in [2.24, 2.45) is 0 Å². The molecule has 0 fully saturated rings. The fourth-order valence-electron chi connectivity index (χ4n) is 2.68. The Labute approximate surface area is 157 Å². The van der Waals surface area contributed by atoms with E-state index in [-0.39, 0.29) is 25.2 Å². The van der Waals surface area contributed by atoms with Crippen LogP contribution < -0.4 is 9.47 Å². The van der Waals surface area contributed by atoms with E-state index >= 15 is 0 Å². The van der Waals surface area contributed by atoms with Crippen LogP contribution in [0.4, 0.5) is 0 Å². The summed E-state index contributed by atoms with van der Waals surface area (Å²) in [5, 5.41) is 17.8. The third-order valence-electron chi connectivity index (χ3n) is 4.25. The summed E-state index contributed by atoms with van der Waals surface area (Å²) in [7, 11) is 0. The molecule has 0 aromatic heterocycles. The van der Waals surface area contributed by atoms with Crippen LogP contribution in [0, 0.1) is 6.92 Å². The second-order valence-electron chi connectivity index (χ2n) is 6.39. The highest BCUT2D eigenvalue weighted by molar-refractivity contribution is 9.10. The van der Waals surface area contributed by atoms with Crippen LogP contribution in [0.5, 0.6) is 11.5 Å². The number of benzene rings is 2. The number of hydrogen-bond acceptors (Lipinski definition) is 4. The van der Waals surface area contributed by atoms with E-state index in [4.69, 9.17) is 19.7 Å². The van der Waals surface area contributed by atoms with Gasteiger partial charge in [0.05, 0.1) is 17.7 Å². The van der Waals surface area contributed by atoms with Crippen molar-refractivity contribution >= 4 is 15.9 Å². The summed E-state index contributed by atoms with van der Waals surface area (Å²) in [6.45, 7) is 6.92. The zero-order valence-electron chi connectivity index (χ0n) is 14.9. The summed E-state index contributed by atoms with van der Waals surface area (Å²) in [6, 6.07) is 12.2. The molecule has 0 unspecified atom stereocenters. The van der Waals surface area contributed by atoms with Gasteiger partial charge in [0.1, 0.15) is 24.7 Å². The second kappa shape index (κ2) is 8.70. The van der Waals surface area contributed by atoms with E-state index in [1.807, 2.05) is 25.1 Å². The van der Waals surface area contributed by atoms with Gasteiger partial charge in [0.25, 0.3) is 0 Å². The largest absolute Gasteiger partial charge is 0.491 e. The molecular formula is C20H25BrO4. The van der Waals surface area contributed by atoms with Gasteiger partial charge >= 0.3 is 0 Å². The van der Waals surface area contributed by atoms with Crippen LogP contribution in [0.2, 0.25) is 0 Å². The molecule has 2 N–H and O–H groups in total. The Morgan fingerprint density at radius 3 is 1.92 bits per heavy atom. The topological polar surface area (TPSA) is 58.9 Å². The molecule has 0 saturated carbocycles. The molecular weight excluding hydrogens is 384 g/mol. The summed E-state index contributed by atoms with van der Waals surface area (Å²) < 4.78 is 11.9. The van der Waals surface area contributed by atoms with Gasteiger partial charge in [-0.15, -0.1) is 0 Å². The Morgan fingerprint density at radius 2 is 1.40 bits per heavy atom. The van der Waals surface area contributed by atoms with E-state index in [0.717, 1.165) is 27.1 Å². The molecule has 0 amide bonds. The maximum absolute atomic E-state index is 8.90. The van der Waals surface area contributed by atoms with E-state index in [9.17, 15) is 0 Å². The van der Waals surface area contributed by atoms with E-state index in [0.29, 0.717) is 6.61 Å². The molecule has 0 aliphatic heterocycles. The van der Waals surface area contributed by atoms with Gasteiger partial charge < -0.3 is 19.7 Å². The van der Waals surface area contributed by atoms with Gasteiger partial charge in [-0.1, -0.05) is 32.0 Å². The molecule has 0 heterocycles. The van der Waals surface area contributed by atoms with Crippen LogP contribution in [0.15, 0.2) is 40.9 Å². The molecule has 0 bridgehead atoms. The minimum atomic E-state index is -0.196. The van der Waals surface area contributed by atoms with Gasteiger partial charge in [0.2, 0.25) is 0 Å². The lowest BCUT2D eigenvalue weighted by Gasteiger charge is -2.27. The Balaban J connectivity index is 2.28. The molecule has 136 valence electrons. The van der Waals surface area contributed by atoms with Crippen molar-refractivity contribution in [1.82, 2.24) is 0 Å². The number of ether oxygens (including phenoxy) is 2. The standard InChI is InChI=1S/C20H25BrO4/c1-14-12-15(4-6-18(14)24-10-8-22)20(2,3)16-5-7-19(17(21)13-16)25-11-9-23/h4-7,12-13,22-23H,8-11H2,1-3H3. The molecule has 2 aromatic rings. The van der Waals surface area contributed by atoms with Gasteiger partial charge in [0.15, 0.2) is 0 Å². The van der Waals surface area contributed by atoms with Crippen LogP contribution >= 0.6 is 15.9 Å². The van der Waals surface area contributed by atoms with E-state index in [2.05, 4.69) is 48.0 Å². The SMILES string of the molecule is Cc1cc(C(C)(C)c2ccc(OCCO)c(Br)c2)ccc1OCCO. The van der Waals surface area contributed by atoms with Gasteiger partial charge in [0, 0.05) is 5.41 Å². The molecule has 2 aromatic carbocycles. The molecule has 0 saturated heterocycles. The normalized spacial score (nSPS) is 11.4. The summed E-state index contributed by atoms with van der Waals surface area (Å²) in [5.74, 6) is 1.51. The smallest absolute Gasteiger partial charge is 0.133 e. The molecule has 0 atom stereocenters. The van der Waals surface area contributed by atoms with Crippen molar-refractivity contribution in [3.63, 3.8) is 0 Å². The van der Waals surface area contributed by atoms with Crippen LogP contribution in [-0.2, 0) is 5.41 Å². The Kier molecular flexibility index (Phi) is 6.87. The Morgan fingerprint density at radius 1 is 0.880 bits per heavy atom. The molecule has 0 aliphatic carbocycles. The van der Waals surface area contributed by atoms with Crippen molar-refractivity contribution in [3.05, 3.63) is 57.6 Å². The maximum atomic E-state index is 8.90. The third-order valence-corrected chi connectivity index (χ3v) is 4.87. The fourth-order valence-corrected chi connectivity index (χ4v) is 3.18. The van der Waals surface area contributed by atoms with E-state index in [1.54, 1.807) is 0 Å². The molecule has 0 spiro atoms. The molecule has 25 heavy (non-hydrogen) atoms. The lowest BCUT2D eigenvalue weighted by molar-refractivity contribution is 0.200. The maximum Gasteiger partial charge on any atom is 0.133 e. The molecule has 0 radical (unpaired) electrons. The first-order valence-electron chi connectivity index (χ1n) is 8.28. The molecule has 2 rings (SSSR count). The summed E-state index contributed by atoms with van der Waals surface area (Å²) >= 11 is 3.55. The Hall–Kier alpha value is -1.56. The highest BCUT2D eigenvalue weighted by atomic mass is 79.9. The predicted molar refractivity (Wildman–Crippen MR) is 103 cm³/mol. The summed E-state index contributed by atoms with van der Waals surface area (Å²) in [5.41, 5.74) is 3.18. The van der Waals surface area contributed by atoms with Crippen molar-refractivity contribution in [1.29, 1.82) is 0 Å². The average Bonchev–Trinajstić information content (AvgIpc) is 2.59. The van der Waals surface area contributed by atoms with Crippen LogP contribution in [0.3, 0.4) is 0 Å². The zero-order valence-corrected chi connectivity index (χ0v) is 16.5. The predicted octanol–water partition coefficient (Wildman–Crippen LogP) is 3.83. The zero-order chi connectivity index (χ0) is 18.4. The van der Waals surface area contributed by atoms with Crippen molar-refractivity contribution in [3.8, 4) is 11.5 Å². The first-order chi connectivity index (χ1) is 11.9. The monoisotopic (exact) mass is 408 g/mol. The molecule has 5 heteroatoms. The van der Waals surface area contributed by atoms with Crippen LogP contribution in [-0.4, -0.2) is 36.6 Å². The number of aryl methyl sites for hydroxylation is 1. The number of hydrogen-bond donors (Lipinski definition) is 2. The van der Waals surface area contributed by atoms with Gasteiger partial charge in [-0.05, 0) is 57.7 Å².